The molecule has 2 nitrogen and oxygen atoms in total. The van der Waals surface area contributed by atoms with E-state index >= 15 is 0 Å². The summed E-state index contributed by atoms with van der Waals surface area (Å²) in [7, 11) is 0. The molecule has 0 aromatic heterocycles. The summed E-state index contributed by atoms with van der Waals surface area (Å²) < 4.78 is 0. The van der Waals surface area contributed by atoms with Gasteiger partial charge in [0.05, 0.1) is 12.2 Å². The van der Waals surface area contributed by atoms with E-state index in [4.69, 9.17) is 0 Å². The monoisotopic (exact) mass is 404 g/mol. The summed E-state index contributed by atoms with van der Waals surface area (Å²) in [6.45, 7) is 14.6. The van der Waals surface area contributed by atoms with Crippen molar-refractivity contribution >= 4 is 0 Å². The number of rotatable bonds is 3. The fourth-order valence-corrected chi connectivity index (χ4v) is 9.02. The van der Waals surface area contributed by atoms with E-state index in [9.17, 15) is 10.2 Å². The Bertz CT molecular complexity index is 594. The van der Waals surface area contributed by atoms with Crippen molar-refractivity contribution < 1.29 is 10.2 Å². The second-order valence-electron chi connectivity index (χ2n) is 13.5. The molecule has 2 heteroatoms. The zero-order valence-electron chi connectivity index (χ0n) is 20.1. The molecule has 1 unspecified atom stereocenters. The van der Waals surface area contributed by atoms with Crippen molar-refractivity contribution in [3.05, 3.63) is 0 Å². The number of aliphatic hydroxyl groups is 2. The standard InChI is InChI=1S/C27H48O2/c1-17(11-13-25(2,3)4)21-9-10-22-20-8-7-18-15-19(28)12-14-26(18,5)23(20)16-24(29)27(21,22)6/h17-24,28-29H,7-16H2,1-6H3/t17-,18?,19-,20+,21-,22+,23+,24+,26+,27-/m1/s1. The van der Waals surface area contributed by atoms with Crippen LogP contribution in [0.2, 0.25) is 0 Å². The molecule has 0 heterocycles. The molecular formula is C27H48O2. The van der Waals surface area contributed by atoms with E-state index in [1.54, 1.807) is 0 Å². The molecule has 0 saturated heterocycles. The Labute approximate surface area is 180 Å². The van der Waals surface area contributed by atoms with Gasteiger partial charge in [-0.25, -0.2) is 0 Å². The van der Waals surface area contributed by atoms with Crippen LogP contribution in [0.15, 0.2) is 0 Å². The molecule has 4 aliphatic rings. The SMILES string of the molecule is C[C@H](CCC(C)(C)C)[C@H]1CC[C@H]2[C@@H]3CCC4C[C@H](O)CC[C@]4(C)[C@H]3C[C@H](O)[C@]12C. The molecule has 29 heavy (non-hydrogen) atoms. The van der Waals surface area contributed by atoms with Crippen LogP contribution in [0.5, 0.6) is 0 Å². The third-order valence-electron chi connectivity index (χ3n) is 10.9. The lowest BCUT2D eigenvalue weighted by Gasteiger charge is -2.62. The molecule has 4 aliphatic carbocycles. The highest BCUT2D eigenvalue weighted by molar-refractivity contribution is 5.12. The summed E-state index contributed by atoms with van der Waals surface area (Å²) in [5.41, 5.74) is 0.873. The lowest BCUT2D eigenvalue weighted by atomic mass is 9.43. The molecule has 0 amide bonds. The zero-order valence-corrected chi connectivity index (χ0v) is 20.1. The fraction of sp³-hybridized carbons (Fsp3) is 1.00. The van der Waals surface area contributed by atoms with Crippen molar-refractivity contribution in [2.45, 2.75) is 118 Å². The summed E-state index contributed by atoms with van der Waals surface area (Å²) in [5, 5.41) is 21.9. The second kappa shape index (κ2) is 7.51. The van der Waals surface area contributed by atoms with Gasteiger partial charge in [-0.1, -0.05) is 41.5 Å². The minimum atomic E-state index is -0.138. The molecule has 4 saturated carbocycles. The average Bonchev–Trinajstić information content (AvgIpc) is 3.00. The van der Waals surface area contributed by atoms with E-state index < -0.39 is 0 Å². The molecular weight excluding hydrogens is 356 g/mol. The van der Waals surface area contributed by atoms with Crippen LogP contribution in [-0.2, 0) is 0 Å². The first kappa shape index (κ1) is 22.1. The van der Waals surface area contributed by atoms with Gasteiger partial charge in [-0.2, -0.15) is 0 Å². The van der Waals surface area contributed by atoms with Crippen LogP contribution in [0.4, 0.5) is 0 Å². The maximum Gasteiger partial charge on any atom is 0.0602 e. The molecule has 0 spiro atoms. The Morgan fingerprint density at radius 1 is 0.931 bits per heavy atom. The van der Waals surface area contributed by atoms with Crippen LogP contribution in [0.25, 0.3) is 0 Å². The molecule has 0 aromatic rings. The Hall–Kier alpha value is -0.0800. The molecule has 4 fully saturated rings. The summed E-state index contributed by atoms with van der Waals surface area (Å²) in [6, 6.07) is 0. The van der Waals surface area contributed by atoms with E-state index in [0.29, 0.717) is 40.4 Å². The van der Waals surface area contributed by atoms with Crippen LogP contribution in [0, 0.1) is 51.8 Å². The van der Waals surface area contributed by atoms with Crippen molar-refractivity contribution in [3.8, 4) is 0 Å². The first-order chi connectivity index (χ1) is 13.5. The molecule has 2 N–H and O–H groups in total. The largest absolute Gasteiger partial charge is 0.393 e. The molecule has 168 valence electrons. The van der Waals surface area contributed by atoms with Crippen molar-refractivity contribution in [1.82, 2.24) is 0 Å². The maximum absolute atomic E-state index is 11.6. The number of fused-ring (bicyclic) bond motifs is 5. The second-order valence-corrected chi connectivity index (χ2v) is 13.5. The smallest absolute Gasteiger partial charge is 0.0602 e. The highest BCUT2D eigenvalue weighted by Crippen LogP contribution is 2.68. The minimum Gasteiger partial charge on any atom is -0.393 e. The molecule has 4 rings (SSSR count). The van der Waals surface area contributed by atoms with Crippen LogP contribution in [0.3, 0.4) is 0 Å². The van der Waals surface area contributed by atoms with E-state index in [2.05, 4.69) is 41.5 Å². The van der Waals surface area contributed by atoms with Crippen LogP contribution < -0.4 is 0 Å². The van der Waals surface area contributed by atoms with Crippen LogP contribution >= 0.6 is 0 Å². The van der Waals surface area contributed by atoms with Gasteiger partial charge in [0.2, 0.25) is 0 Å². The van der Waals surface area contributed by atoms with Crippen LogP contribution in [0.1, 0.15) is 106 Å². The minimum absolute atomic E-state index is 0.0806. The first-order valence-corrected chi connectivity index (χ1v) is 12.8. The first-order valence-electron chi connectivity index (χ1n) is 12.8. The van der Waals surface area contributed by atoms with Gasteiger partial charge in [0.1, 0.15) is 0 Å². The van der Waals surface area contributed by atoms with Gasteiger partial charge in [-0.05, 0) is 116 Å². The van der Waals surface area contributed by atoms with E-state index in [1.165, 1.54) is 44.9 Å². The van der Waals surface area contributed by atoms with Crippen molar-refractivity contribution in [3.63, 3.8) is 0 Å². The quantitative estimate of drug-likeness (QED) is 0.568. The van der Waals surface area contributed by atoms with E-state index in [1.807, 2.05) is 0 Å². The molecule has 0 radical (unpaired) electrons. The lowest BCUT2D eigenvalue weighted by Crippen LogP contribution is -2.58. The van der Waals surface area contributed by atoms with Crippen molar-refractivity contribution in [1.29, 1.82) is 0 Å². The van der Waals surface area contributed by atoms with Gasteiger partial charge in [0.25, 0.3) is 0 Å². The lowest BCUT2D eigenvalue weighted by molar-refractivity contribution is -0.175. The van der Waals surface area contributed by atoms with Crippen molar-refractivity contribution in [2.75, 3.05) is 0 Å². The normalized spacial score (nSPS) is 51.1. The summed E-state index contributed by atoms with van der Waals surface area (Å²) in [5.74, 6) is 4.26. The molecule has 0 aliphatic heterocycles. The van der Waals surface area contributed by atoms with Gasteiger partial charge in [0.15, 0.2) is 0 Å². The van der Waals surface area contributed by atoms with Gasteiger partial charge in [-0.3, -0.25) is 0 Å². The number of aliphatic hydroxyl groups excluding tert-OH is 2. The molecule has 0 bridgehead atoms. The average molecular weight is 405 g/mol. The Morgan fingerprint density at radius 2 is 1.66 bits per heavy atom. The van der Waals surface area contributed by atoms with E-state index in [0.717, 1.165) is 25.2 Å². The zero-order chi connectivity index (χ0) is 21.2. The van der Waals surface area contributed by atoms with Gasteiger partial charge >= 0.3 is 0 Å². The summed E-state index contributed by atoms with van der Waals surface area (Å²) in [6.07, 6.45) is 11.8. The summed E-state index contributed by atoms with van der Waals surface area (Å²) >= 11 is 0. The predicted octanol–water partition coefficient (Wildman–Crippen LogP) is 6.44. The number of hydrogen-bond donors (Lipinski definition) is 2. The highest BCUT2D eigenvalue weighted by atomic mass is 16.3. The summed E-state index contributed by atoms with van der Waals surface area (Å²) in [4.78, 5) is 0. The van der Waals surface area contributed by atoms with Gasteiger partial charge in [-0.15, -0.1) is 0 Å². The predicted molar refractivity (Wildman–Crippen MR) is 120 cm³/mol. The third kappa shape index (κ3) is 3.63. The Kier molecular flexibility index (Phi) is 5.73. The molecule has 10 atom stereocenters. The van der Waals surface area contributed by atoms with Crippen LogP contribution in [-0.4, -0.2) is 22.4 Å². The Balaban J connectivity index is 1.54. The van der Waals surface area contributed by atoms with Gasteiger partial charge in [0, 0.05) is 0 Å². The van der Waals surface area contributed by atoms with Crippen molar-refractivity contribution in [2.24, 2.45) is 51.8 Å². The Morgan fingerprint density at radius 3 is 2.34 bits per heavy atom. The highest BCUT2D eigenvalue weighted by Gasteiger charge is 2.63. The van der Waals surface area contributed by atoms with Gasteiger partial charge < -0.3 is 10.2 Å². The fourth-order valence-electron chi connectivity index (χ4n) is 9.02. The third-order valence-corrected chi connectivity index (χ3v) is 10.9. The van der Waals surface area contributed by atoms with E-state index in [-0.39, 0.29) is 17.6 Å². The molecule has 0 aromatic carbocycles. The number of hydrogen-bond acceptors (Lipinski definition) is 2. The maximum atomic E-state index is 11.6. The topological polar surface area (TPSA) is 40.5 Å².